The molecule has 34 heavy (non-hydrogen) atoms. The van der Waals surface area contributed by atoms with Crippen molar-refractivity contribution in [2.24, 2.45) is 11.7 Å². The van der Waals surface area contributed by atoms with E-state index in [0.29, 0.717) is 6.07 Å². The molecule has 0 aliphatic carbocycles. The highest BCUT2D eigenvalue weighted by molar-refractivity contribution is 7.08. The lowest BCUT2D eigenvalue weighted by Crippen LogP contribution is -2.23. The Balaban J connectivity index is 0.00000408. The topological polar surface area (TPSA) is 90.1 Å². The Morgan fingerprint density at radius 2 is 1.88 bits per heavy atom. The first kappa shape index (κ1) is 27.7. The number of pyridine rings is 1. The number of hydrogen-bond acceptors (Lipinski definition) is 6. The number of carbonyl (C=O) groups is 1. The lowest BCUT2D eigenvalue weighted by Gasteiger charge is -2.15. The highest BCUT2D eigenvalue weighted by Crippen LogP contribution is 2.38. The molecule has 184 valence electrons. The average molecular weight is 543 g/mol. The van der Waals surface area contributed by atoms with Crippen molar-refractivity contribution in [2.45, 2.75) is 6.18 Å². The van der Waals surface area contributed by atoms with Crippen LogP contribution in [0.5, 0.6) is 5.06 Å². The lowest BCUT2D eigenvalue weighted by atomic mass is 10.0. The zero-order valence-electron chi connectivity index (χ0n) is 17.0. The summed E-state index contributed by atoms with van der Waals surface area (Å²) >= 11 is 6.68. The SMILES string of the molecule is Cl.NCC(CCl)COc1sncc1NC(=O)c1ccc(C(F)(F)F)c(-c2c(F)cccc2F)n1. The van der Waals surface area contributed by atoms with Crippen molar-refractivity contribution in [1.82, 2.24) is 9.36 Å². The number of anilines is 1. The number of halogens is 7. The molecule has 0 saturated heterocycles. The van der Waals surface area contributed by atoms with Crippen molar-refractivity contribution in [3.8, 4) is 16.3 Å². The van der Waals surface area contributed by atoms with E-state index in [2.05, 4.69) is 14.7 Å². The summed E-state index contributed by atoms with van der Waals surface area (Å²) in [6, 6.07) is 3.94. The van der Waals surface area contributed by atoms with Crippen molar-refractivity contribution in [3.63, 3.8) is 0 Å². The van der Waals surface area contributed by atoms with E-state index in [9.17, 15) is 26.7 Å². The predicted octanol–water partition coefficient (Wildman–Crippen LogP) is 5.37. The molecule has 0 aliphatic rings. The van der Waals surface area contributed by atoms with E-state index in [1.54, 1.807) is 0 Å². The highest BCUT2D eigenvalue weighted by Gasteiger charge is 2.36. The van der Waals surface area contributed by atoms with E-state index in [1.807, 2.05) is 0 Å². The van der Waals surface area contributed by atoms with Crippen LogP contribution in [0.25, 0.3) is 11.3 Å². The van der Waals surface area contributed by atoms with Crippen LogP contribution in [0.15, 0.2) is 36.5 Å². The first-order valence-electron chi connectivity index (χ1n) is 9.33. The van der Waals surface area contributed by atoms with Crippen LogP contribution in [0.3, 0.4) is 0 Å². The normalized spacial score (nSPS) is 12.1. The van der Waals surface area contributed by atoms with Crippen LogP contribution in [0.2, 0.25) is 0 Å². The first-order chi connectivity index (χ1) is 15.7. The summed E-state index contributed by atoms with van der Waals surface area (Å²) in [5.74, 6) is -3.33. The molecule has 3 aromatic rings. The molecular formula is C20H17Cl2F5N4O2S. The zero-order chi connectivity index (χ0) is 24.2. The Labute approximate surface area is 205 Å². The average Bonchev–Trinajstić information content (AvgIpc) is 3.20. The van der Waals surface area contributed by atoms with E-state index < -0.39 is 46.2 Å². The van der Waals surface area contributed by atoms with Crippen LogP contribution in [-0.4, -0.2) is 34.3 Å². The molecule has 2 heterocycles. The molecule has 3 rings (SSSR count). The van der Waals surface area contributed by atoms with Gasteiger partial charge in [-0.15, -0.1) is 24.0 Å². The van der Waals surface area contributed by atoms with Gasteiger partial charge in [-0.3, -0.25) is 4.79 Å². The molecule has 0 fully saturated rings. The fourth-order valence-corrected chi connectivity index (χ4v) is 3.49. The molecule has 0 bridgehead atoms. The summed E-state index contributed by atoms with van der Waals surface area (Å²) < 4.78 is 78.3. The summed E-state index contributed by atoms with van der Waals surface area (Å²) in [4.78, 5) is 16.3. The monoisotopic (exact) mass is 542 g/mol. The third-order valence-electron chi connectivity index (χ3n) is 4.42. The third-order valence-corrected chi connectivity index (χ3v) is 5.57. The van der Waals surface area contributed by atoms with Crippen molar-refractivity contribution < 1.29 is 31.5 Å². The molecule has 3 N–H and O–H groups in total. The third kappa shape index (κ3) is 6.32. The van der Waals surface area contributed by atoms with E-state index in [1.165, 1.54) is 6.20 Å². The molecule has 14 heteroatoms. The maximum absolute atomic E-state index is 14.2. The molecule has 6 nitrogen and oxygen atoms in total. The van der Waals surface area contributed by atoms with Gasteiger partial charge in [0.1, 0.15) is 23.0 Å². The standard InChI is InChI=1S/C20H16ClF5N4O2S.ClH/c21-6-10(7-27)9-32-19-15(8-28-33-19)30-18(31)14-5-4-11(20(24,25)26)17(29-14)16-12(22)2-1-3-13(16)23;/h1-5,8,10H,6-7,9,27H2,(H,30,31);1H. The predicted molar refractivity (Wildman–Crippen MR) is 121 cm³/mol. The van der Waals surface area contributed by atoms with E-state index in [0.717, 1.165) is 35.8 Å². The number of nitrogens with zero attached hydrogens (tertiary/aromatic N) is 2. The number of aromatic nitrogens is 2. The fraction of sp³-hybridized carbons (Fsp3) is 0.250. The minimum absolute atomic E-state index is 0. The molecule has 0 aliphatic heterocycles. The smallest absolute Gasteiger partial charge is 0.418 e. The number of carbonyl (C=O) groups excluding carboxylic acids is 1. The highest BCUT2D eigenvalue weighted by atomic mass is 35.5. The van der Waals surface area contributed by atoms with E-state index in [4.69, 9.17) is 22.1 Å². The number of amides is 1. The molecular weight excluding hydrogens is 526 g/mol. The Morgan fingerprint density at radius 3 is 2.47 bits per heavy atom. The van der Waals surface area contributed by atoms with Crippen molar-refractivity contribution in [2.75, 3.05) is 24.3 Å². The molecule has 1 atom stereocenters. The van der Waals surface area contributed by atoms with Gasteiger partial charge in [0.25, 0.3) is 5.91 Å². The molecule has 2 aromatic heterocycles. The number of nitrogens with one attached hydrogen (secondary N) is 1. The van der Waals surface area contributed by atoms with E-state index in [-0.39, 0.29) is 48.1 Å². The minimum atomic E-state index is -4.97. The van der Waals surface area contributed by atoms with Gasteiger partial charge in [-0.1, -0.05) is 6.07 Å². The van der Waals surface area contributed by atoms with Gasteiger partial charge in [0.15, 0.2) is 0 Å². The quantitative estimate of drug-likeness (QED) is 0.295. The second-order valence-corrected chi connectivity index (χ2v) is 7.81. The summed E-state index contributed by atoms with van der Waals surface area (Å²) in [5.41, 5.74) is 1.76. The number of alkyl halides is 4. The van der Waals surface area contributed by atoms with Gasteiger partial charge in [-0.05, 0) is 30.8 Å². The number of benzene rings is 1. The summed E-state index contributed by atoms with van der Waals surface area (Å²) in [6.07, 6.45) is -3.69. The van der Waals surface area contributed by atoms with Gasteiger partial charge >= 0.3 is 6.18 Å². The molecule has 0 radical (unpaired) electrons. The van der Waals surface area contributed by atoms with Crippen LogP contribution in [-0.2, 0) is 6.18 Å². The molecule has 1 aromatic carbocycles. The van der Waals surface area contributed by atoms with Crippen LogP contribution in [0.1, 0.15) is 16.1 Å². The number of rotatable bonds is 8. The Morgan fingerprint density at radius 1 is 1.21 bits per heavy atom. The number of hydrogen-bond donors (Lipinski definition) is 2. The number of ether oxygens (including phenoxy) is 1. The van der Waals surface area contributed by atoms with Crippen molar-refractivity contribution in [1.29, 1.82) is 0 Å². The van der Waals surface area contributed by atoms with Gasteiger partial charge in [-0.2, -0.15) is 17.5 Å². The molecule has 1 amide bonds. The Hall–Kier alpha value is -2.54. The van der Waals surface area contributed by atoms with Gasteiger partial charge in [0.2, 0.25) is 5.06 Å². The second kappa shape index (κ2) is 11.7. The zero-order valence-corrected chi connectivity index (χ0v) is 19.4. The van der Waals surface area contributed by atoms with Gasteiger partial charge in [0.05, 0.1) is 29.6 Å². The lowest BCUT2D eigenvalue weighted by molar-refractivity contribution is -0.137. The van der Waals surface area contributed by atoms with E-state index >= 15 is 0 Å². The van der Waals surface area contributed by atoms with Gasteiger partial charge < -0.3 is 15.8 Å². The van der Waals surface area contributed by atoms with Gasteiger partial charge in [0, 0.05) is 23.3 Å². The summed E-state index contributed by atoms with van der Waals surface area (Å²) in [6.45, 7) is 0.426. The van der Waals surface area contributed by atoms with Crippen LogP contribution >= 0.6 is 35.5 Å². The number of nitrogens with two attached hydrogens (primary N) is 1. The largest absolute Gasteiger partial charge is 0.481 e. The maximum Gasteiger partial charge on any atom is 0.418 e. The maximum atomic E-state index is 14.2. The second-order valence-electron chi connectivity index (χ2n) is 6.74. The molecule has 0 saturated carbocycles. The van der Waals surface area contributed by atoms with Crippen LogP contribution in [0.4, 0.5) is 27.6 Å². The molecule has 1 unspecified atom stereocenters. The first-order valence-corrected chi connectivity index (χ1v) is 10.6. The Bertz CT molecular complexity index is 1120. The minimum Gasteiger partial charge on any atom is -0.481 e. The van der Waals surface area contributed by atoms with Crippen LogP contribution in [0, 0.1) is 17.6 Å². The molecule has 0 spiro atoms. The van der Waals surface area contributed by atoms with Crippen LogP contribution < -0.4 is 15.8 Å². The van der Waals surface area contributed by atoms with Crippen molar-refractivity contribution in [3.05, 3.63) is 59.4 Å². The Kier molecular flexibility index (Phi) is 9.56. The summed E-state index contributed by atoms with van der Waals surface area (Å²) in [5, 5.41) is 2.64. The van der Waals surface area contributed by atoms with Crippen molar-refractivity contribution >= 4 is 47.1 Å². The summed E-state index contributed by atoms with van der Waals surface area (Å²) in [7, 11) is 0. The fourth-order valence-electron chi connectivity index (χ4n) is 2.70. The van der Waals surface area contributed by atoms with Gasteiger partial charge in [-0.25, -0.2) is 13.8 Å².